The third kappa shape index (κ3) is 5.47. The maximum atomic E-state index is 11.9. The number of likely N-dealkylation sites (tertiary alicyclic amines) is 1. The maximum Gasteiger partial charge on any atom is 0.219 e. The molecule has 2 nitrogen and oxygen atoms in total. The van der Waals surface area contributed by atoms with Crippen molar-refractivity contribution in [3.8, 4) is 0 Å². The first kappa shape index (κ1) is 17.5. The molecule has 0 aromatic heterocycles. The number of halogens is 1. The molecular formula is C16H24ClNOS. The van der Waals surface area contributed by atoms with Crippen molar-refractivity contribution in [1.82, 2.24) is 4.90 Å². The Kier molecular flexibility index (Phi) is 8.27. The summed E-state index contributed by atoms with van der Waals surface area (Å²) in [5.41, 5.74) is 0.818. The number of hydrogen-bond donors (Lipinski definition) is 0. The quantitative estimate of drug-likeness (QED) is 0.758. The summed E-state index contributed by atoms with van der Waals surface area (Å²) in [6.45, 7) is 4.69. The summed E-state index contributed by atoms with van der Waals surface area (Å²) >= 11 is 1.45. The molecule has 0 radical (unpaired) electrons. The second kappa shape index (κ2) is 9.43. The van der Waals surface area contributed by atoms with Crippen molar-refractivity contribution in [2.24, 2.45) is 0 Å². The third-order valence-corrected chi connectivity index (χ3v) is 4.76. The summed E-state index contributed by atoms with van der Waals surface area (Å²) in [6, 6.07) is 10.3. The Balaban J connectivity index is 0.00000200. The monoisotopic (exact) mass is 313 g/mol. The second-order valence-corrected chi connectivity index (χ2v) is 6.30. The van der Waals surface area contributed by atoms with E-state index in [9.17, 15) is 4.79 Å². The first-order valence-corrected chi connectivity index (χ1v) is 8.22. The maximum absolute atomic E-state index is 11.9. The zero-order valence-corrected chi connectivity index (χ0v) is 13.7. The first-order chi connectivity index (χ1) is 9.27. The molecule has 1 atom stereocenters. The van der Waals surface area contributed by atoms with Gasteiger partial charge >= 0.3 is 0 Å². The minimum atomic E-state index is 0. The van der Waals surface area contributed by atoms with Crippen LogP contribution in [0.25, 0.3) is 0 Å². The van der Waals surface area contributed by atoms with Gasteiger partial charge in [-0.25, -0.2) is 0 Å². The fourth-order valence-electron chi connectivity index (χ4n) is 2.58. The van der Waals surface area contributed by atoms with Crippen molar-refractivity contribution >= 4 is 29.3 Å². The number of benzene rings is 1. The van der Waals surface area contributed by atoms with E-state index >= 15 is 0 Å². The third-order valence-electron chi connectivity index (χ3n) is 3.77. The van der Waals surface area contributed by atoms with Crippen LogP contribution in [0.2, 0.25) is 0 Å². The standard InChI is InChI=1S/C16H23NOS.ClH/c1-14-8-5-6-11-17(14)12-7-13-19-16(18)15-9-3-2-4-10-15;/h2-4,9-10,14H,5-8,11-13H2,1H3;1H. The lowest BCUT2D eigenvalue weighted by molar-refractivity contribution is 0.108. The van der Waals surface area contributed by atoms with Crippen molar-refractivity contribution < 1.29 is 4.79 Å². The van der Waals surface area contributed by atoms with Crippen LogP contribution in [0.1, 0.15) is 43.0 Å². The van der Waals surface area contributed by atoms with Crippen LogP contribution in [-0.2, 0) is 0 Å². The molecule has 0 saturated carbocycles. The minimum Gasteiger partial charge on any atom is -0.301 e. The number of rotatable bonds is 5. The number of thioether (sulfide) groups is 1. The highest BCUT2D eigenvalue weighted by atomic mass is 35.5. The van der Waals surface area contributed by atoms with Crippen molar-refractivity contribution in [1.29, 1.82) is 0 Å². The average Bonchev–Trinajstić information content (AvgIpc) is 2.46. The van der Waals surface area contributed by atoms with Gasteiger partial charge in [-0.1, -0.05) is 48.5 Å². The molecule has 1 aliphatic rings. The molecule has 1 fully saturated rings. The Morgan fingerprint density at radius 2 is 2.05 bits per heavy atom. The van der Waals surface area contributed by atoms with Gasteiger partial charge in [0.25, 0.3) is 0 Å². The molecule has 2 rings (SSSR count). The highest BCUT2D eigenvalue weighted by Crippen LogP contribution is 2.18. The highest BCUT2D eigenvalue weighted by Gasteiger charge is 2.17. The first-order valence-electron chi connectivity index (χ1n) is 7.23. The molecule has 20 heavy (non-hydrogen) atoms. The summed E-state index contributed by atoms with van der Waals surface area (Å²) in [7, 11) is 0. The Bertz CT molecular complexity index is 399. The molecule has 1 aliphatic heterocycles. The van der Waals surface area contributed by atoms with Gasteiger partial charge in [-0.2, -0.15) is 0 Å². The molecule has 1 unspecified atom stereocenters. The molecule has 0 spiro atoms. The van der Waals surface area contributed by atoms with E-state index in [1.807, 2.05) is 30.3 Å². The molecule has 1 aromatic rings. The van der Waals surface area contributed by atoms with Crippen LogP contribution >= 0.6 is 24.2 Å². The van der Waals surface area contributed by atoms with E-state index in [-0.39, 0.29) is 17.5 Å². The average molecular weight is 314 g/mol. The Morgan fingerprint density at radius 1 is 1.30 bits per heavy atom. The molecule has 1 heterocycles. The molecule has 4 heteroatoms. The molecule has 1 saturated heterocycles. The normalized spacial score (nSPS) is 19.4. The zero-order valence-electron chi connectivity index (χ0n) is 12.1. The lowest BCUT2D eigenvalue weighted by atomic mass is 10.0. The Morgan fingerprint density at radius 3 is 2.75 bits per heavy atom. The van der Waals surface area contributed by atoms with Gasteiger partial charge in [-0.3, -0.25) is 4.79 Å². The van der Waals surface area contributed by atoms with Gasteiger partial charge in [0.15, 0.2) is 0 Å². The number of hydrogen-bond acceptors (Lipinski definition) is 3. The van der Waals surface area contributed by atoms with Gasteiger partial charge in [0.1, 0.15) is 0 Å². The predicted molar refractivity (Wildman–Crippen MR) is 90.0 cm³/mol. The number of carbonyl (C=O) groups excluding carboxylic acids is 1. The van der Waals surface area contributed by atoms with Gasteiger partial charge in [-0.05, 0) is 39.3 Å². The van der Waals surface area contributed by atoms with Crippen molar-refractivity contribution in [2.75, 3.05) is 18.8 Å². The van der Waals surface area contributed by atoms with E-state index in [2.05, 4.69) is 11.8 Å². The summed E-state index contributed by atoms with van der Waals surface area (Å²) in [6.07, 6.45) is 5.14. The minimum absolute atomic E-state index is 0. The lowest BCUT2D eigenvalue weighted by Gasteiger charge is -2.33. The number of nitrogens with zero attached hydrogens (tertiary/aromatic N) is 1. The molecule has 1 aromatic carbocycles. The van der Waals surface area contributed by atoms with E-state index in [0.29, 0.717) is 0 Å². The molecule has 0 amide bonds. The Hall–Kier alpha value is -0.510. The summed E-state index contributed by atoms with van der Waals surface area (Å²) in [4.78, 5) is 14.5. The van der Waals surface area contributed by atoms with Gasteiger partial charge in [0.2, 0.25) is 5.12 Å². The largest absolute Gasteiger partial charge is 0.301 e. The summed E-state index contributed by atoms with van der Waals surface area (Å²) < 4.78 is 0. The van der Waals surface area contributed by atoms with Gasteiger partial charge in [0.05, 0.1) is 0 Å². The second-order valence-electron chi connectivity index (χ2n) is 5.24. The van der Waals surface area contributed by atoms with Crippen molar-refractivity contribution in [3.63, 3.8) is 0 Å². The van der Waals surface area contributed by atoms with Crippen LogP contribution in [0, 0.1) is 0 Å². The zero-order chi connectivity index (χ0) is 13.5. The SMILES string of the molecule is CC1CCCCN1CCCSC(=O)c1ccccc1.Cl. The van der Waals surface area contributed by atoms with Crippen molar-refractivity contribution in [3.05, 3.63) is 35.9 Å². The van der Waals surface area contributed by atoms with E-state index in [1.54, 1.807) is 0 Å². The van der Waals surface area contributed by atoms with E-state index in [4.69, 9.17) is 0 Å². The number of carbonyl (C=O) groups is 1. The van der Waals surface area contributed by atoms with Crippen LogP contribution in [0.4, 0.5) is 0 Å². The predicted octanol–water partition coefficient (Wildman–Crippen LogP) is 4.25. The number of piperidine rings is 1. The van der Waals surface area contributed by atoms with Gasteiger partial charge < -0.3 is 4.90 Å². The smallest absolute Gasteiger partial charge is 0.219 e. The lowest BCUT2D eigenvalue weighted by Crippen LogP contribution is -2.38. The molecular weight excluding hydrogens is 290 g/mol. The van der Waals surface area contributed by atoms with Crippen LogP contribution in [0.3, 0.4) is 0 Å². The van der Waals surface area contributed by atoms with E-state index in [1.165, 1.54) is 37.6 Å². The molecule has 0 bridgehead atoms. The fourth-order valence-corrected chi connectivity index (χ4v) is 3.34. The summed E-state index contributed by atoms with van der Waals surface area (Å²) in [5.74, 6) is 0.928. The Labute approximate surface area is 132 Å². The summed E-state index contributed by atoms with van der Waals surface area (Å²) in [5, 5.41) is 0.201. The van der Waals surface area contributed by atoms with E-state index in [0.717, 1.165) is 30.3 Å². The molecule has 0 N–H and O–H groups in total. The van der Waals surface area contributed by atoms with Crippen LogP contribution in [-0.4, -0.2) is 34.9 Å². The van der Waals surface area contributed by atoms with Gasteiger partial charge in [0, 0.05) is 17.4 Å². The van der Waals surface area contributed by atoms with Gasteiger partial charge in [-0.15, -0.1) is 12.4 Å². The van der Waals surface area contributed by atoms with Crippen LogP contribution < -0.4 is 0 Å². The molecule has 0 aliphatic carbocycles. The van der Waals surface area contributed by atoms with E-state index < -0.39 is 0 Å². The molecule has 112 valence electrons. The van der Waals surface area contributed by atoms with Crippen LogP contribution in [0.15, 0.2) is 30.3 Å². The highest BCUT2D eigenvalue weighted by molar-refractivity contribution is 8.14. The van der Waals surface area contributed by atoms with Crippen LogP contribution in [0.5, 0.6) is 0 Å². The van der Waals surface area contributed by atoms with Crippen molar-refractivity contribution in [2.45, 2.75) is 38.6 Å². The fraction of sp³-hybridized carbons (Fsp3) is 0.562. The topological polar surface area (TPSA) is 20.3 Å².